The van der Waals surface area contributed by atoms with E-state index in [1.165, 1.54) is 0 Å². The summed E-state index contributed by atoms with van der Waals surface area (Å²) < 4.78 is 35.8. The highest BCUT2D eigenvalue weighted by Gasteiger charge is 2.39. The molecule has 1 aromatic carbocycles. The molecule has 0 aromatic heterocycles. The van der Waals surface area contributed by atoms with E-state index in [2.05, 4.69) is 5.32 Å². The lowest BCUT2D eigenvalue weighted by Crippen LogP contribution is -2.27. The highest BCUT2D eigenvalue weighted by molar-refractivity contribution is 6.06. The summed E-state index contributed by atoms with van der Waals surface area (Å²) in [6.07, 6.45) is -6.17. The number of anilines is 1. The number of alkyl halides is 3. The van der Waals surface area contributed by atoms with Crippen molar-refractivity contribution in [3.63, 3.8) is 0 Å². The minimum Gasteiger partial charge on any atom is -0.326 e. The highest BCUT2D eigenvalue weighted by atomic mass is 19.4. The predicted octanol–water partition coefficient (Wildman–Crippen LogP) is 2.76. The van der Waals surface area contributed by atoms with Gasteiger partial charge in [0.2, 0.25) is 11.7 Å². The maximum Gasteiger partial charge on any atom is 0.450 e. The summed E-state index contributed by atoms with van der Waals surface area (Å²) in [7, 11) is 0. The molecule has 0 heterocycles. The van der Waals surface area contributed by atoms with E-state index in [1.54, 1.807) is 26.0 Å². The predicted molar refractivity (Wildman–Crippen MR) is 60.2 cm³/mol. The molecule has 0 spiro atoms. The van der Waals surface area contributed by atoms with Crippen LogP contribution in [0.4, 0.5) is 18.9 Å². The standard InChI is InChI=1S/C12H12F3NO2/c1-7-3-8(2)5-9(4-7)16-11(18)6-10(17)12(13,14)15/h3-5H,6H2,1-2H3,(H,16,18). The van der Waals surface area contributed by atoms with E-state index >= 15 is 0 Å². The van der Waals surface area contributed by atoms with Gasteiger partial charge in [0.15, 0.2) is 0 Å². The van der Waals surface area contributed by atoms with E-state index in [0.717, 1.165) is 11.1 Å². The molecule has 0 atom stereocenters. The third-order valence-electron chi connectivity index (χ3n) is 2.14. The Morgan fingerprint density at radius 1 is 1.11 bits per heavy atom. The lowest BCUT2D eigenvalue weighted by Gasteiger charge is -2.08. The van der Waals surface area contributed by atoms with Gasteiger partial charge in [-0.2, -0.15) is 13.2 Å². The van der Waals surface area contributed by atoms with Gasteiger partial charge in [0.05, 0.1) is 6.42 Å². The number of nitrogens with one attached hydrogen (secondary N) is 1. The molecule has 0 aliphatic rings. The molecule has 1 rings (SSSR count). The Morgan fingerprint density at radius 3 is 2.06 bits per heavy atom. The van der Waals surface area contributed by atoms with Crippen molar-refractivity contribution < 1.29 is 22.8 Å². The van der Waals surface area contributed by atoms with Crippen LogP contribution in [0.3, 0.4) is 0 Å². The quantitative estimate of drug-likeness (QED) is 0.848. The van der Waals surface area contributed by atoms with Crippen molar-refractivity contribution in [2.24, 2.45) is 0 Å². The summed E-state index contributed by atoms with van der Waals surface area (Å²) in [5.74, 6) is -3.02. The topological polar surface area (TPSA) is 46.2 Å². The number of hydrogen-bond acceptors (Lipinski definition) is 2. The second-order valence-corrected chi connectivity index (χ2v) is 4.02. The van der Waals surface area contributed by atoms with E-state index in [-0.39, 0.29) is 0 Å². The first-order valence-electron chi connectivity index (χ1n) is 5.16. The number of carbonyl (C=O) groups is 2. The molecule has 3 nitrogen and oxygen atoms in total. The molecule has 18 heavy (non-hydrogen) atoms. The average Bonchev–Trinajstić information content (AvgIpc) is 2.13. The third kappa shape index (κ3) is 4.20. The van der Waals surface area contributed by atoms with Crippen LogP contribution in [0.2, 0.25) is 0 Å². The molecular formula is C12H12F3NO2. The summed E-state index contributed by atoms with van der Waals surface area (Å²) in [5, 5.41) is 2.27. The number of halogens is 3. The van der Waals surface area contributed by atoms with Crippen molar-refractivity contribution in [2.45, 2.75) is 26.4 Å². The fourth-order valence-corrected chi connectivity index (χ4v) is 1.50. The summed E-state index contributed by atoms with van der Waals surface area (Å²) in [4.78, 5) is 21.9. The first kappa shape index (κ1) is 14.2. The van der Waals surface area contributed by atoms with E-state index in [4.69, 9.17) is 0 Å². The van der Waals surface area contributed by atoms with Gasteiger partial charge in [-0.3, -0.25) is 9.59 Å². The molecule has 0 radical (unpaired) electrons. The summed E-state index contributed by atoms with van der Waals surface area (Å²) in [6, 6.07) is 5.09. The second kappa shape index (κ2) is 5.20. The van der Waals surface area contributed by atoms with E-state index in [0.29, 0.717) is 5.69 Å². The Balaban J connectivity index is 2.68. The molecule has 1 N–H and O–H groups in total. The smallest absolute Gasteiger partial charge is 0.326 e. The number of carbonyl (C=O) groups excluding carboxylic acids is 2. The number of hydrogen-bond donors (Lipinski definition) is 1. The van der Waals surface area contributed by atoms with Crippen LogP contribution in [-0.2, 0) is 9.59 Å². The van der Waals surface area contributed by atoms with Crippen molar-refractivity contribution >= 4 is 17.4 Å². The van der Waals surface area contributed by atoms with Gasteiger partial charge in [-0.1, -0.05) is 6.07 Å². The van der Waals surface area contributed by atoms with E-state index in [1.807, 2.05) is 6.07 Å². The molecule has 0 bridgehead atoms. The lowest BCUT2D eigenvalue weighted by atomic mass is 10.1. The number of benzene rings is 1. The van der Waals surface area contributed by atoms with Crippen LogP contribution < -0.4 is 5.32 Å². The molecule has 0 unspecified atom stereocenters. The Hall–Kier alpha value is -1.85. The maximum atomic E-state index is 11.9. The minimum absolute atomic E-state index is 0.382. The molecule has 0 fully saturated rings. The zero-order chi connectivity index (χ0) is 13.9. The Kier molecular flexibility index (Phi) is 4.11. The number of Topliss-reactive ketones (excluding diaryl/α,β-unsaturated/α-hetero) is 1. The lowest BCUT2D eigenvalue weighted by molar-refractivity contribution is -0.171. The van der Waals surface area contributed by atoms with E-state index in [9.17, 15) is 22.8 Å². The van der Waals surface area contributed by atoms with Crippen molar-refractivity contribution in [3.05, 3.63) is 29.3 Å². The van der Waals surface area contributed by atoms with Crippen LogP contribution >= 0.6 is 0 Å². The van der Waals surface area contributed by atoms with Gasteiger partial charge >= 0.3 is 6.18 Å². The molecule has 98 valence electrons. The van der Waals surface area contributed by atoms with Crippen LogP contribution in [0.25, 0.3) is 0 Å². The molecule has 0 aliphatic carbocycles. The molecule has 1 aromatic rings. The fourth-order valence-electron chi connectivity index (χ4n) is 1.50. The van der Waals surface area contributed by atoms with Gasteiger partial charge in [0, 0.05) is 5.69 Å². The normalized spacial score (nSPS) is 11.2. The average molecular weight is 259 g/mol. The maximum absolute atomic E-state index is 11.9. The Bertz CT molecular complexity index is 460. The number of aryl methyl sites for hydroxylation is 2. The summed E-state index contributed by atoms with van der Waals surface area (Å²) in [5.41, 5.74) is 2.12. The Morgan fingerprint density at radius 2 is 1.61 bits per heavy atom. The second-order valence-electron chi connectivity index (χ2n) is 4.02. The van der Waals surface area contributed by atoms with Gasteiger partial charge < -0.3 is 5.32 Å². The van der Waals surface area contributed by atoms with Crippen LogP contribution in [0, 0.1) is 13.8 Å². The molecule has 0 saturated carbocycles. The van der Waals surface area contributed by atoms with Gasteiger partial charge in [-0.25, -0.2) is 0 Å². The van der Waals surface area contributed by atoms with E-state index < -0.39 is 24.3 Å². The van der Waals surface area contributed by atoms with Gasteiger partial charge in [-0.15, -0.1) is 0 Å². The van der Waals surface area contributed by atoms with Crippen molar-refractivity contribution in [3.8, 4) is 0 Å². The van der Waals surface area contributed by atoms with Crippen molar-refractivity contribution in [1.82, 2.24) is 0 Å². The van der Waals surface area contributed by atoms with Crippen molar-refractivity contribution in [1.29, 1.82) is 0 Å². The number of amides is 1. The summed E-state index contributed by atoms with van der Waals surface area (Å²) in [6.45, 7) is 3.59. The third-order valence-corrected chi connectivity index (χ3v) is 2.14. The van der Waals surface area contributed by atoms with Crippen molar-refractivity contribution in [2.75, 3.05) is 5.32 Å². The highest BCUT2D eigenvalue weighted by Crippen LogP contribution is 2.19. The molecular weight excluding hydrogens is 247 g/mol. The zero-order valence-corrected chi connectivity index (χ0v) is 9.89. The van der Waals surface area contributed by atoms with Crippen LogP contribution in [0.15, 0.2) is 18.2 Å². The zero-order valence-electron chi connectivity index (χ0n) is 9.89. The Labute approximate surface area is 102 Å². The van der Waals surface area contributed by atoms with Crippen LogP contribution in [0.5, 0.6) is 0 Å². The SMILES string of the molecule is Cc1cc(C)cc(NC(=O)CC(=O)C(F)(F)F)c1. The molecule has 0 aliphatic heterocycles. The first-order valence-corrected chi connectivity index (χ1v) is 5.16. The molecule has 6 heteroatoms. The fraction of sp³-hybridized carbons (Fsp3) is 0.333. The number of rotatable bonds is 3. The summed E-state index contributed by atoms with van der Waals surface area (Å²) >= 11 is 0. The number of ketones is 1. The van der Waals surface area contributed by atoms with Crippen LogP contribution in [0.1, 0.15) is 17.5 Å². The molecule has 0 saturated heterocycles. The largest absolute Gasteiger partial charge is 0.450 e. The van der Waals surface area contributed by atoms with Gasteiger partial charge in [0.1, 0.15) is 0 Å². The monoisotopic (exact) mass is 259 g/mol. The van der Waals surface area contributed by atoms with Gasteiger partial charge in [0.25, 0.3) is 0 Å². The van der Waals surface area contributed by atoms with Gasteiger partial charge in [-0.05, 0) is 37.1 Å². The molecule has 1 amide bonds. The first-order chi connectivity index (χ1) is 8.18. The van der Waals surface area contributed by atoms with Crippen LogP contribution in [-0.4, -0.2) is 17.9 Å². The minimum atomic E-state index is -4.97.